The number of H-pyrrole nitrogens is 1. The Balaban J connectivity index is 1.26. The van der Waals surface area contributed by atoms with Gasteiger partial charge in [0.2, 0.25) is 0 Å². The number of esters is 1. The quantitative estimate of drug-likeness (QED) is 0.138. The summed E-state index contributed by atoms with van der Waals surface area (Å²) in [4.78, 5) is 22.5. The van der Waals surface area contributed by atoms with Crippen molar-refractivity contribution in [1.29, 1.82) is 0 Å². The summed E-state index contributed by atoms with van der Waals surface area (Å²) < 4.78 is 5.52. The third kappa shape index (κ3) is 6.77. The van der Waals surface area contributed by atoms with Crippen molar-refractivity contribution < 1.29 is 9.53 Å². The number of aryl methyl sites for hydroxylation is 2. The number of imidazole rings is 1. The Kier molecular flexibility index (Phi) is 8.67. The molecule has 7 heteroatoms. The molecular formula is C28H29Cl2N3O2. The van der Waals surface area contributed by atoms with Gasteiger partial charge in [-0.15, -0.1) is 23.2 Å². The first kappa shape index (κ1) is 25.1. The molecule has 5 nitrogen and oxygen atoms in total. The molecule has 1 heterocycles. The van der Waals surface area contributed by atoms with E-state index in [1.54, 1.807) is 12.1 Å². The topological polar surface area (TPSA) is 58.2 Å². The molecule has 1 aromatic heterocycles. The van der Waals surface area contributed by atoms with Crippen molar-refractivity contribution in [2.75, 3.05) is 29.7 Å². The van der Waals surface area contributed by atoms with Crippen molar-refractivity contribution >= 4 is 45.9 Å². The minimum atomic E-state index is -0.232. The number of benzene rings is 3. The standard InChI is InChI=1S/C28H29Cl2N3O2/c1-20-5-14-25-26(19-20)32-28(31-25)22-8-12-24(13-9-22)35-27(34)4-2-3-21-6-10-23(11-7-21)33(17-15-29)18-16-30/h5-14,19H,2-4,15-18H2,1H3,(H,31,32). The molecular weight excluding hydrogens is 481 g/mol. The molecule has 0 unspecified atom stereocenters. The maximum atomic E-state index is 12.3. The normalized spacial score (nSPS) is 11.1. The lowest BCUT2D eigenvalue weighted by Gasteiger charge is -2.23. The first-order valence-corrected chi connectivity index (χ1v) is 12.9. The van der Waals surface area contributed by atoms with E-state index in [1.165, 1.54) is 11.1 Å². The van der Waals surface area contributed by atoms with Gasteiger partial charge in [0, 0.05) is 42.5 Å². The number of anilines is 1. The zero-order chi connectivity index (χ0) is 24.6. The van der Waals surface area contributed by atoms with Gasteiger partial charge in [-0.05, 0) is 79.4 Å². The molecule has 0 saturated heterocycles. The first-order chi connectivity index (χ1) is 17.1. The van der Waals surface area contributed by atoms with E-state index in [9.17, 15) is 4.79 Å². The fourth-order valence-electron chi connectivity index (χ4n) is 4.01. The summed E-state index contributed by atoms with van der Waals surface area (Å²) in [5, 5.41) is 0. The second-order valence-electron chi connectivity index (χ2n) is 8.49. The number of halogens is 2. The molecule has 0 aliphatic carbocycles. The molecule has 4 rings (SSSR count). The van der Waals surface area contributed by atoms with Crippen molar-refractivity contribution in [2.24, 2.45) is 0 Å². The summed E-state index contributed by atoms with van der Waals surface area (Å²) in [7, 11) is 0. The van der Waals surface area contributed by atoms with Crippen LogP contribution in [0.15, 0.2) is 66.7 Å². The number of alkyl halides is 2. The highest BCUT2D eigenvalue weighted by molar-refractivity contribution is 6.18. The molecule has 0 saturated carbocycles. The molecule has 3 aromatic carbocycles. The molecule has 4 aromatic rings. The van der Waals surface area contributed by atoms with Gasteiger partial charge in [-0.3, -0.25) is 4.79 Å². The number of aromatic nitrogens is 2. The van der Waals surface area contributed by atoms with Crippen LogP contribution in [-0.4, -0.2) is 40.8 Å². The van der Waals surface area contributed by atoms with Crippen LogP contribution in [0.1, 0.15) is 24.0 Å². The summed E-state index contributed by atoms with van der Waals surface area (Å²) in [5.41, 5.74) is 6.35. The number of fused-ring (bicyclic) bond motifs is 1. The highest BCUT2D eigenvalue weighted by Gasteiger charge is 2.09. The summed E-state index contributed by atoms with van der Waals surface area (Å²) in [6.45, 7) is 3.58. The number of ether oxygens (including phenoxy) is 1. The molecule has 0 aliphatic heterocycles. The van der Waals surface area contributed by atoms with E-state index in [2.05, 4.69) is 52.1 Å². The SMILES string of the molecule is Cc1ccc2nc(-c3ccc(OC(=O)CCCc4ccc(N(CCCl)CCCl)cc4)cc3)[nH]c2c1. The number of carbonyl (C=O) groups is 1. The third-order valence-corrected chi connectivity index (χ3v) is 6.19. The molecule has 182 valence electrons. The van der Waals surface area contributed by atoms with Crippen LogP contribution in [0.3, 0.4) is 0 Å². The second-order valence-corrected chi connectivity index (χ2v) is 9.25. The molecule has 1 N–H and O–H groups in total. The number of rotatable bonds is 11. The predicted molar refractivity (Wildman–Crippen MR) is 145 cm³/mol. The van der Waals surface area contributed by atoms with Gasteiger partial charge in [-0.2, -0.15) is 0 Å². The molecule has 0 aliphatic rings. The zero-order valence-corrected chi connectivity index (χ0v) is 21.3. The fraction of sp³-hybridized carbons (Fsp3) is 0.286. The molecule has 0 spiro atoms. The van der Waals surface area contributed by atoms with Gasteiger partial charge in [-0.25, -0.2) is 4.98 Å². The average molecular weight is 510 g/mol. The summed E-state index contributed by atoms with van der Waals surface area (Å²) >= 11 is 11.8. The summed E-state index contributed by atoms with van der Waals surface area (Å²) in [6.07, 6.45) is 1.89. The van der Waals surface area contributed by atoms with Crippen LogP contribution in [-0.2, 0) is 11.2 Å². The predicted octanol–water partition coefficient (Wildman–Crippen LogP) is 6.75. The van der Waals surface area contributed by atoms with Gasteiger partial charge < -0.3 is 14.6 Å². The number of hydrogen-bond donors (Lipinski definition) is 1. The van der Waals surface area contributed by atoms with Gasteiger partial charge in [0.05, 0.1) is 11.0 Å². The Morgan fingerprint density at radius 1 is 0.971 bits per heavy atom. The maximum absolute atomic E-state index is 12.3. The number of nitrogens with one attached hydrogen (secondary N) is 1. The molecule has 0 bridgehead atoms. The van der Waals surface area contributed by atoms with Crippen molar-refractivity contribution in [3.8, 4) is 17.1 Å². The lowest BCUT2D eigenvalue weighted by molar-refractivity contribution is -0.134. The zero-order valence-electron chi connectivity index (χ0n) is 19.8. The van der Waals surface area contributed by atoms with E-state index in [0.29, 0.717) is 23.9 Å². The summed E-state index contributed by atoms with van der Waals surface area (Å²) in [6, 6.07) is 21.9. The van der Waals surface area contributed by atoms with Crippen LogP contribution in [0.4, 0.5) is 5.69 Å². The van der Waals surface area contributed by atoms with Crippen molar-refractivity contribution in [3.05, 3.63) is 77.9 Å². The lowest BCUT2D eigenvalue weighted by atomic mass is 10.1. The second kappa shape index (κ2) is 12.1. The Morgan fingerprint density at radius 2 is 1.69 bits per heavy atom. The average Bonchev–Trinajstić information content (AvgIpc) is 3.28. The third-order valence-electron chi connectivity index (χ3n) is 5.85. The van der Waals surface area contributed by atoms with Crippen molar-refractivity contribution in [1.82, 2.24) is 9.97 Å². The molecule has 0 fully saturated rings. The van der Waals surface area contributed by atoms with Crippen LogP contribution >= 0.6 is 23.2 Å². The lowest BCUT2D eigenvalue weighted by Crippen LogP contribution is -2.27. The van der Waals surface area contributed by atoms with E-state index in [0.717, 1.165) is 54.0 Å². The van der Waals surface area contributed by atoms with Gasteiger partial charge in [0.25, 0.3) is 0 Å². The Bertz CT molecular complexity index is 1250. The Morgan fingerprint density at radius 3 is 2.37 bits per heavy atom. The van der Waals surface area contributed by atoms with Crippen molar-refractivity contribution in [2.45, 2.75) is 26.2 Å². The van der Waals surface area contributed by atoms with Crippen LogP contribution in [0.5, 0.6) is 5.75 Å². The van der Waals surface area contributed by atoms with E-state index >= 15 is 0 Å². The van der Waals surface area contributed by atoms with Crippen LogP contribution in [0.2, 0.25) is 0 Å². The van der Waals surface area contributed by atoms with Gasteiger partial charge in [0.15, 0.2) is 0 Å². The smallest absolute Gasteiger partial charge is 0.311 e. The van der Waals surface area contributed by atoms with E-state index in [1.807, 2.05) is 24.3 Å². The fourth-order valence-corrected chi connectivity index (χ4v) is 4.42. The van der Waals surface area contributed by atoms with Crippen molar-refractivity contribution in [3.63, 3.8) is 0 Å². The highest BCUT2D eigenvalue weighted by atomic mass is 35.5. The van der Waals surface area contributed by atoms with Gasteiger partial charge >= 0.3 is 5.97 Å². The number of aromatic amines is 1. The minimum absolute atomic E-state index is 0.232. The molecule has 0 atom stereocenters. The van der Waals surface area contributed by atoms with E-state index in [-0.39, 0.29) is 5.97 Å². The molecule has 0 radical (unpaired) electrons. The number of carbonyl (C=O) groups excluding carboxylic acids is 1. The minimum Gasteiger partial charge on any atom is -0.427 e. The number of hydrogen-bond acceptors (Lipinski definition) is 4. The monoisotopic (exact) mass is 509 g/mol. The van der Waals surface area contributed by atoms with E-state index in [4.69, 9.17) is 27.9 Å². The largest absolute Gasteiger partial charge is 0.427 e. The molecule has 0 amide bonds. The number of nitrogens with zero attached hydrogens (tertiary/aromatic N) is 2. The van der Waals surface area contributed by atoms with Crippen LogP contribution < -0.4 is 9.64 Å². The molecule has 35 heavy (non-hydrogen) atoms. The van der Waals surface area contributed by atoms with Crippen LogP contribution in [0.25, 0.3) is 22.4 Å². The van der Waals surface area contributed by atoms with Crippen LogP contribution in [0, 0.1) is 6.92 Å². The maximum Gasteiger partial charge on any atom is 0.311 e. The summed E-state index contributed by atoms with van der Waals surface area (Å²) in [5.74, 6) is 2.22. The van der Waals surface area contributed by atoms with E-state index < -0.39 is 0 Å². The Hall–Kier alpha value is -3.02. The van der Waals surface area contributed by atoms with Gasteiger partial charge in [0.1, 0.15) is 11.6 Å². The highest BCUT2D eigenvalue weighted by Crippen LogP contribution is 2.24. The Labute approximate surface area is 216 Å². The van der Waals surface area contributed by atoms with Gasteiger partial charge in [-0.1, -0.05) is 18.2 Å². The first-order valence-electron chi connectivity index (χ1n) is 11.8.